The minimum Gasteiger partial charge on any atom is -0.481 e. The van der Waals surface area contributed by atoms with Crippen molar-refractivity contribution < 1.29 is 14.7 Å². The van der Waals surface area contributed by atoms with Gasteiger partial charge in [0.1, 0.15) is 0 Å². The third kappa shape index (κ3) is 4.08. The van der Waals surface area contributed by atoms with E-state index < -0.39 is 17.8 Å². The second kappa shape index (κ2) is 6.20. The van der Waals surface area contributed by atoms with Crippen molar-refractivity contribution in [1.82, 2.24) is 5.32 Å². The summed E-state index contributed by atoms with van der Waals surface area (Å²) in [5.74, 6) is -1.35. The Hall–Kier alpha value is -1.32. The Balaban J connectivity index is 2.00. The van der Waals surface area contributed by atoms with E-state index >= 15 is 0 Å². The summed E-state index contributed by atoms with van der Waals surface area (Å²) in [5.41, 5.74) is 0.244. The molecule has 4 nitrogen and oxygen atoms in total. The molecule has 0 aromatic rings. The van der Waals surface area contributed by atoms with E-state index in [1.54, 1.807) is 0 Å². The van der Waals surface area contributed by atoms with Gasteiger partial charge in [0.15, 0.2) is 0 Å². The molecule has 0 radical (unpaired) electrons. The summed E-state index contributed by atoms with van der Waals surface area (Å²) in [4.78, 5) is 23.8. The van der Waals surface area contributed by atoms with E-state index in [9.17, 15) is 14.7 Å². The smallest absolute Gasteiger partial charge is 0.307 e. The maximum atomic E-state index is 12.5. The van der Waals surface area contributed by atoms with Crippen molar-refractivity contribution in [2.24, 2.45) is 23.2 Å². The predicted molar refractivity (Wildman–Crippen MR) is 81.7 cm³/mol. The molecule has 4 atom stereocenters. The highest BCUT2D eigenvalue weighted by molar-refractivity contribution is 5.85. The Kier molecular flexibility index (Phi) is 4.74. The minimum atomic E-state index is -0.864. The zero-order chi connectivity index (χ0) is 15.6. The van der Waals surface area contributed by atoms with Crippen LogP contribution in [0.3, 0.4) is 0 Å². The Morgan fingerprint density at radius 1 is 1.14 bits per heavy atom. The predicted octanol–water partition coefficient (Wildman–Crippen LogP) is 2.98. The number of carbonyl (C=O) groups is 2. The summed E-state index contributed by atoms with van der Waals surface area (Å²) >= 11 is 0. The molecular weight excluding hydrogens is 266 g/mol. The molecular formula is C17H27NO3. The molecule has 0 unspecified atom stereocenters. The summed E-state index contributed by atoms with van der Waals surface area (Å²) in [6.45, 7) is 6.71. The number of aliphatic carboxylic acids is 1. The number of carboxylic acids is 1. The Morgan fingerprint density at radius 2 is 1.76 bits per heavy atom. The Bertz CT molecular complexity index is 441. The molecule has 0 spiro atoms. The first-order valence-corrected chi connectivity index (χ1v) is 7.96. The number of amides is 1. The highest BCUT2D eigenvalue weighted by Crippen LogP contribution is 2.38. The lowest BCUT2D eigenvalue weighted by Crippen LogP contribution is -2.47. The van der Waals surface area contributed by atoms with Gasteiger partial charge in [-0.25, -0.2) is 0 Å². The fourth-order valence-electron chi connectivity index (χ4n) is 4.14. The van der Waals surface area contributed by atoms with Gasteiger partial charge in [-0.3, -0.25) is 9.59 Å². The van der Waals surface area contributed by atoms with Crippen molar-refractivity contribution in [1.29, 1.82) is 0 Å². The Morgan fingerprint density at radius 3 is 2.33 bits per heavy atom. The van der Waals surface area contributed by atoms with Gasteiger partial charge >= 0.3 is 5.97 Å². The van der Waals surface area contributed by atoms with E-state index in [0.717, 1.165) is 12.8 Å². The summed E-state index contributed by atoms with van der Waals surface area (Å²) in [7, 11) is 0. The number of hydrogen-bond donors (Lipinski definition) is 2. The SMILES string of the molecule is C[C@@H]1C[C@H](NC(=O)[C@H]2CC=CC[C@@H]2C(=O)O)CC(C)(C)C1. The molecule has 0 aromatic carbocycles. The first-order valence-electron chi connectivity index (χ1n) is 7.96. The van der Waals surface area contributed by atoms with Crippen LogP contribution >= 0.6 is 0 Å². The summed E-state index contributed by atoms with van der Waals surface area (Å²) in [6.07, 6.45) is 7.95. The standard InChI is InChI=1S/C17H27NO3/c1-11-8-12(10-17(2,3)9-11)18-15(19)13-6-4-5-7-14(13)16(20)21/h4-5,11-14H,6-10H2,1-3H3,(H,18,19)(H,20,21)/t11-,12+,13+,14+/m1/s1. The van der Waals surface area contributed by atoms with Crippen LogP contribution in [0.4, 0.5) is 0 Å². The third-order valence-electron chi connectivity index (χ3n) is 4.82. The van der Waals surface area contributed by atoms with Gasteiger partial charge in [-0.1, -0.05) is 32.9 Å². The van der Waals surface area contributed by atoms with E-state index in [2.05, 4.69) is 26.1 Å². The van der Waals surface area contributed by atoms with Crippen LogP contribution in [0.25, 0.3) is 0 Å². The molecule has 0 bridgehead atoms. The first-order chi connectivity index (χ1) is 9.78. The largest absolute Gasteiger partial charge is 0.481 e. The average molecular weight is 293 g/mol. The molecule has 0 aromatic heterocycles. The zero-order valence-corrected chi connectivity index (χ0v) is 13.3. The Labute approximate surface area is 127 Å². The van der Waals surface area contributed by atoms with Crippen LogP contribution in [0, 0.1) is 23.2 Å². The fourth-order valence-corrected chi connectivity index (χ4v) is 4.14. The van der Waals surface area contributed by atoms with Crippen LogP contribution in [0.5, 0.6) is 0 Å². The number of allylic oxidation sites excluding steroid dienone is 2. The number of hydrogen-bond acceptors (Lipinski definition) is 2. The van der Waals surface area contributed by atoms with Crippen LogP contribution in [-0.4, -0.2) is 23.0 Å². The highest BCUT2D eigenvalue weighted by Gasteiger charge is 2.37. The molecule has 4 heteroatoms. The van der Waals surface area contributed by atoms with E-state index in [1.807, 2.05) is 12.2 Å². The number of nitrogens with one attached hydrogen (secondary N) is 1. The summed E-state index contributed by atoms with van der Waals surface area (Å²) in [5, 5.41) is 12.4. The van der Waals surface area contributed by atoms with Gasteiger partial charge in [-0.05, 0) is 43.4 Å². The molecule has 1 fully saturated rings. The lowest BCUT2D eigenvalue weighted by molar-refractivity contribution is -0.147. The van der Waals surface area contributed by atoms with Crippen molar-refractivity contribution in [3.8, 4) is 0 Å². The van der Waals surface area contributed by atoms with Gasteiger partial charge in [0.05, 0.1) is 11.8 Å². The molecule has 1 amide bonds. The molecule has 0 heterocycles. The fraction of sp³-hybridized carbons (Fsp3) is 0.765. The number of carboxylic acid groups (broad SMARTS) is 1. The molecule has 0 saturated heterocycles. The van der Waals surface area contributed by atoms with Gasteiger partial charge in [-0.2, -0.15) is 0 Å². The zero-order valence-electron chi connectivity index (χ0n) is 13.3. The van der Waals surface area contributed by atoms with Crippen LogP contribution in [0.15, 0.2) is 12.2 Å². The highest BCUT2D eigenvalue weighted by atomic mass is 16.4. The van der Waals surface area contributed by atoms with Gasteiger partial charge in [-0.15, -0.1) is 0 Å². The molecule has 2 rings (SSSR count). The van der Waals surface area contributed by atoms with Crippen LogP contribution < -0.4 is 5.32 Å². The molecule has 0 aliphatic heterocycles. The van der Waals surface area contributed by atoms with Gasteiger partial charge in [0.25, 0.3) is 0 Å². The van der Waals surface area contributed by atoms with E-state index in [4.69, 9.17) is 0 Å². The monoisotopic (exact) mass is 293 g/mol. The normalized spacial score (nSPS) is 35.2. The number of carbonyl (C=O) groups excluding carboxylic acids is 1. The average Bonchev–Trinajstić information content (AvgIpc) is 2.36. The van der Waals surface area contributed by atoms with Crippen LogP contribution in [0.2, 0.25) is 0 Å². The van der Waals surface area contributed by atoms with Crippen LogP contribution in [0.1, 0.15) is 52.9 Å². The van der Waals surface area contributed by atoms with E-state index in [-0.39, 0.29) is 17.4 Å². The van der Waals surface area contributed by atoms with Crippen molar-refractivity contribution in [3.63, 3.8) is 0 Å². The lowest BCUT2D eigenvalue weighted by Gasteiger charge is -2.40. The second-order valence-electron chi connectivity index (χ2n) is 7.61. The maximum absolute atomic E-state index is 12.5. The molecule has 2 N–H and O–H groups in total. The topological polar surface area (TPSA) is 66.4 Å². The first kappa shape index (κ1) is 16.1. The van der Waals surface area contributed by atoms with E-state index in [0.29, 0.717) is 18.8 Å². The van der Waals surface area contributed by atoms with Gasteiger partial charge in [0.2, 0.25) is 5.91 Å². The summed E-state index contributed by atoms with van der Waals surface area (Å²) in [6, 6.07) is 0.177. The van der Waals surface area contributed by atoms with Crippen molar-refractivity contribution >= 4 is 11.9 Å². The molecule has 2 aliphatic rings. The van der Waals surface area contributed by atoms with Crippen LogP contribution in [-0.2, 0) is 9.59 Å². The lowest BCUT2D eigenvalue weighted by atomic mass is 9.70. The van der Waals surface area contributed by atoms with E-state index in [1.165, 1.54) is 6.42 Å². The van der Waals surface area contributed by atoms with Crippen molar-refractivity contribution in [2.75, 3.05) is 0 Å². The molecule has 2 aliphatic carbocycles. The molecule has 1 saturated carbocycles. The second-order valence-corrected chi connectivity index (χ2v) is 7.61. The quantitative estimate of drug-likeness (QED) is 0.786. The number of rotatable bonds is 3. The maximum Gasteiger partial charge on any atom is 0.307 e. The molecule has 118 valence electrons. The van der Waals surface area contributed by atoms with Gasteiger partial charge < -0.3 is 10.4 Å². The summed E-state index contributed by atoms with van der Waals surface area (Å²) < 4.78 is 0. The van der Waals surface area contributed by atoms with Gasteiger partial charge in [0, 0.05) is 6.04 Å². The minimum absolute atomic E-state index is 0.0818. The van der Waals surface area contributed by atoms with Crippen molar-refractivity contribution in [2.45, 2.75) is 58.9 Å². The van der Waals surface area contributed by atoms with Crippen molar-refractivity contribution in [3.05, 3.63) is 12.2 Å². The molecule has 21 heavy (non-hydrogen) atoms. The third-order valence-corrected chi connectivity index (χ3v) is 4.82.